The minimum absolute atomic E-state index is 0.154. The van der Waals surface area contributed by atoms with Crippen molar-refractivity contribution < 1.29 is 4.79 Å². The van der Waals surface area contributed by atoms with E-state index >= 15 is 0 Å². The summed E-state index contributed by atoms with van der Waals surface area (Å²) < 4.78 is 0. The molecule has 0 aliphatic heterocycles. The molecule has 20 heavy (non-hydrogen) atoms. The highest BCUT2D eigenvalue weighted by Crippen LogP contribution is 2.40. The zero-order valence-corrected chi connectivity index (χ0v) is 13.0. The van der Waals surface area contributed by atoms with Crippen molar-refractivity contribution in [1.29, 1.82) is 0 Å². The summed E-state index contributed by atoms with van der Waals surface area (Å²) in [6.45, 7) is 6.89. The van der Waals surface area contributed by atoms with Gasteiger partial charge < -0.3 is 5.32 Å². The molecule has 0 aromatic heterocycles. The van der Waals surface area contributed by atoms with Crippen LogP contribution in [-0.2, 0) is 10.2 Å². The Bertz CT molecular complexity index is 444. The molecule has 1 aromatic carbocycles. The molecule has 1 aromatic rings. The summed E-state index contributed by atoms with van der Waals surface area (Å²) >= 11 is 0. The maximum absolute atomic E-state index is 12.3. The van der Waals surface area contributed by atoms with Gasteiger partial charge in [0, 0.05) is 17.4 Å². The fraction of sp³-hybridized carbons (Fsp3) is 0.611. The van der Waals surface area contributed by atoms with Crippen molar-refractivity contribution in [3.8, 4) is 0 Å². The molecule has 0 bridgehead atoms. The molecule has 0 heterocycles. The van der Waals surface area contributed by atoms with Gasteiger partial charge in [0.15, 0.2) is 0 Å². The summed E-state index contributed by atoms with van der Waals surface area (Å²) in [5.74, 6) is 0.183. The third-order valence-corrected chi connectivity index (χ3v) is 5.03. The number of rotatable bonds is 5. The largest absolute Gasteiger partial charge is 0.355 e. The molecular weight excluding hydrogens is 246 g/mol. The first-order chi connectivity index (χ1) is 9.50. The minimum Gasteiger partial charge on any atom is -0.355 e. The first kappa shape index (κ1) is 15.1. The van der Waals surface area contributed by atoms with E-state index in [1.165, 1.54) is 31.2 Å². The summed E-state index contributed by atoms with van der Waals surface area (Å²) in [5, 5.41) is 3.22. The van der Waals surface area contributed by atoms with Crippen molar-refractivity contribution >= 4 is 5.91 Å². The lowest BCUT2D eigenvalue weighted by Crippen LogP contribution is -2.44. The van der Waals surface area contributed by atoms with Gasteiger partial charge in [0.1, 0.15) is 0 Å². The topological polar surface area (TPSA) is 29.1 Å². The predicted molar refractivity (Wildman–Crippen MR) is 83.7 cm³/mol. The van der Waals surface area contributed by atoms with Crippen molar-refractivity contribution in [3.63, 3.8) is 0 Å². The van der Waals surface area contributed by atoms with Gasteiger partial charge in [0.2, 0.25) is 5.91 Å². The van der Waals surface area contributed by atoms with E-state index in [4.69, 9.17) is 0 Å². The second-order valence-corrected chi connectivity index (χ2v) is 6.77. The Labute approximate surface area is 123 Å². The maximum atomic E-state index is 12.3. The van der Waals surface area contributed by atoms with E-state index in [-0.39, 0.29) is 16.7 Å². The lowest BCUT2D eigenvalue weighted by molar-refractivity contribution is -0.129. The molecule has 1 amide bonds. The fourth-order valence-corrected chi connectivity index (χ4v) is 3.06. The van der Waals surface area contributed by atoms with Gasteiger partial charge in [-0.15, -0.1) is 0 Å². The highest BCUT2D eigenvalue weighted by Gasteiger charge is 2.37. The van der Waals surface area contributed by atoms with Crippen LogP contribution in [0, 0.1) is 5.41 Å². The molecule has 0 unspecified atom stereocenters. The first-order valence-electron chi connectivity index (χ1n) is 7.84. The van der Waals surface area contributed by atoms with E-state index in [1.807, 2.05) is 13.8 Å². The van der Waals surface area contributed by atoms with E-state index in [2.05, 4.69) is 42.6 Å². The molecule has 2 heteroatoms. The van der Waals surface area contributed by atoms with Crippen LogP contribution in [0.15, 0.2) is 30.3 Å². The van der Waals surface area contributed by atoms with Crippen molar-refractivity contribution in [2.45, 2.75) is 58.3 Å². The molecule has 110 valence electrons. The highest BCUT2D eigenvalue weighted by molar-refractivity contribution is 5.81. The Morgan fingerprint density at radius 3 is 2.35 bits per heavy atom. The Morgan fingerprint density at radius 2 is 1.80 bits per heavy atom. The Morgan fingerprint density at radius 1 is 1.20 bits per heavy atom. The number of hydrogen-bond donors (Lipinski definition) is 1. The van der Waals surface area contributed by atoms with Crippen molar-refractivity contribution in [1.82, 2.24) is 5.32 Å². The van der Waals surface area contributed by atoms with Gasteiger partial charge in [-0.1, -0.05) is 63.9 Å². The van der Waals surface area contributed by atoms with Crippen molar-refractivity contribution in [2.24, 2.45) is 5.41 Å². The van der Waals surface area contributed by atoms with Crippen LogP contribution in [0.3, 0.4) is 0 Å². The molecule has 0 atom stereocenters. The lowest BCUT2D eigenvalue weighted by Gasteiger charge is -2.32. The number of amides is 1. The Kier molecular flexibility index (Phi) is 4.52. The zero-order valence-electron chi connectivity index (χ0n) is 13.0. The van der Waals surface area contributed by atoms with Crippen LogP contribution in [0.2, 0.25) is 0 Å². The van der Waals surface area contributed by atoms with Gasteiger partial charge in [-0.25, -0.2) is 0 Å². The molecule has 0 radical (unpaired) electrons. The average Bonchev–Trinajstić information content (AvgIpc) is 2.95. The highest BCUT2D eigenvalue weighted by atomic mass is 16.2. The normalized spacial score (nSPS) is 17.9. The number of carbonyl (C=O) groups excluding carboxylic acids is 1. The number of nitrogens with one attached hydrogen (secondary N) is 1. The van der Waals surface area contributed by atoms with Crippen LogP contribution < -0.4 is 5.32 Å². The first-order valence-corrected chi connectivity index (χ1v) is 7.84. The van der Waals surface area contributed by atoms with E-state index in [0.717, 1.165) is 13.0 Å². The van der Waals surface area contributed by atoms with Crippen molar-refractivity contribution in [2.75, 3.05) is 6.54 Å². The average molecular weight is 273 g/mol. The summed E-state index contributed by atoms with van der Waals surface area (Å²) in [6.07, 6.45) is 5.77. The summed E-state index contributed by atoms with van der Waals surface area (Å²) in [6, 6.07) is 10.7. The van der Waals surface area contributed by atoms with Crippen LogP contribution >= 0.6 is 0 Å². The molecule has 1 aliphatic carbocycles. The third-order valence-electron chi connectivity index (χ3n) is 5.03. The Hall–Kier alpha value is -1.31. The molecule has 1 saturated carbocycles. The van der Waals surface area contributed by atoms with Crippen LogP contribution in [-0.4, -0.2) is 12.5 Å². The minimum atomic E-state index is -0.267. The summed E-state index contributed by atoms with van der Waals surface area (Å²) in [5.41, 5.74) is 1.27. The van der Waals surface area contributed by atoms with Crippen LogP contribution in [0.4, 0.5) is 0 Å². The monoisotopic (exact) mass is 273 g/mol. The molecular formula is C18H27NO. The molecule has 1 aliphatic rings. The number of hydrogen-bond acceptors (Lipinski definition) is 1. The second kappa shape index (κ2) is 5.99. The van der Waals surface area contributed by atoms with Crippen LogP contribution in [0.25, 0.3) is 0 Å². The predicted octanol–water partition coefficient (Wildman–Crippen LogP) is 4.05. The third kappa shape index (κ3) is 3.05. The smallest absolute Gasteiger partial charge is 0.225 e. The van der Waals surface area contributed by atoms with Gasteiger partial charge in [0.25, 0.3) is 0 Å². The summed E-state index contributed by atoms with van der Waals surface area (Å²) in [4.78, 5) is 12.3. The van der Waals surface area contributed by atoms with Crippen molar-refractivity contribution in [3.05, 3.63) is 35.9 Å². The van der Waals surface area contributed by atoms with Gasteiger partial charge >= 0.3 is 0 Å². The van der Waals surface area contributed by atoms with Crippen LogP contribution in [0.5, 0.6) is 0 Å². The molecule has 1 fully saturated rings. The fourth-order valence-electron chi connectivity index (χ4n) is 3.06. The van der Waals surface area contributed by atoms with E-state index in [9.17, 15) is 4.79 Å². The second-order valence-electron chi connectivity index (χ2n) is 6.77. The van der Waals surface area contributed by atoms with Gasteiger partial charge in [-0.3, -0.25) is 4.79 Å². The molecule has 1 N–H and O–H groups in total. The van der Waals surface area contributed by atoms with E-state index in [0.29, 0.717) is 0 Å². The van der Waals surface area contributed by atoms with E-state index < -0.39 is 0 Å². The van der Waals surface area contributed by atoms with Gasteiger partial charge in [-0.05, 0) is 24.8 Å². The van der Waals surface area contributed by atoms with Gasteiger partial charge in [-0.2, -0.15) is 0 Å². The molecule has 2 rings (SSSR count). The Balaban J connectivity index is 2.10. The van der Waals surface area contributed by atoms with E-state index in [1.54, 1.807) is 0 Å². The molecule has 2 nitrogen and oxygen atoms in total. The molecule has 0 spiro atoms. The molecule has 0 saturated heterocycles. The zero-order chi connectivity index (χ0) is 14.6. The lowest BCUT2D eigenvalue weighted by atomic mass is 9.78. The standard InChI is InChI=1S/C18H27NO/c1-4-17(2,3)16(20)19-14-18(12-8-9-13-18)15-10-6-5-7-11-15/h5-7,10-11H,4,8-9,12-14H2,1-3H3,(H,19,20). The quantitative estimate of drug-likeness (QED) is 0.861. The van der Waals surface area contributed by atoms with Gasteiger partial charge in [0.05, 0.1) is 0 Å². The number of benzene rings is 1. The summed E-state index contributed by atoms with van der Waals surface area (Å²) in [7, 11) is 0. The van der Waals surface area contributed by atoms with Crippen LogP contribution in [0.1, 0.15) is 58.4 Å². The maximum Gasteiger partial charge on any atom is 0.225 e. The number of carbonyl (C=O) groups is 1. The SMILES string of the molecule is CCC(C)(C)C(=O)NCC1(c2ccccc2)CCCC1.